The molecule has 2 rings (SSSR count). The molecule has 114 valence electrons. The van der Waals surface area contributed by atoms with Crippen molar-refractivity contribution in [1.29, 1.82) is 0 Å². The molecule has 0 saturated carbocycles. The predicted octanol–water partition coefficient (Wildman–Crippen LogP) is 0.0966. The van der Waals surface area contributed by atoms with E-state index in [0.29, 0.717) is 5.56 Å². The summed E-state index contributed by atoms with van der Waals surface area (Å²) in [6, 6.07) is 5.12. The number of nitrogens with zero attached hydrogens (tertiary/aromatic N) is 1. The molecule has 0 spiro atoms. The van der Waals surface area contributed by atoms with Crippen molar-refractivity contribution in [3.8, 4) is 0 Å². The zero-order valence-corrected chi connectivity index (χ0v) is 12.6. The first-order valence-corrected chi connectivity index (χ1v) is 8.87. The summed E-state index contributed by atoms with van der Waals surface area (Å²) in [6.45, 7) is 1.64. The largest absolute Gasteiger partial charge is 0.284 e. The molecule has 1 atom stereocenters. The lowest BCUT2D eigenvalue weighted by atomic mass is 10.1. The fourth-order valence-electron chi connectivity index (χ4n) is 1.70. The number of sulfonamides is 2. The molecule has 0 fully saturated rings. The Labute approximate surface area is 122 Å². The Morgan fingerprint density at radius 3 is 2.24 bits per heavy atom. The molecule has 21 heavy (non-hydrogen) atoms. The average molecular weight is 330 g/mol. The van der Waals surface area contributed by atoms with Gasteiger partial charge < -0.3 is 0 Å². The quantitative estimate of drug-likeness (QED) is 0.714. The maximum Gasteiger partial charge on any atom is 0.244 e. The van der Waals surface area contributed by atoms with Crippen LogP contribution in [0.4, 0.5) is 0 Å². The summed E-state index contributed by atoms with van der Waals surface area (Å²) >= 11 is 0. The second kappa shape index (κ2) is 5.56. The van der Waals surface area contributed by atoms with Gasteiger partial charge in [0.05, 0.1) is 11.1 Å². The van der Waals surface area contributed by atoms with E-state index in [-0.39, 0.29) is 9.79 Å². The molecule has 0 aliphatic rings. The number of aromatic nitrogens is 2. The van der Waals surface area contributed by atoms with Crippen LogP contribution in [0.2, 0.25) is 0 Å². The second-order valence-electron chi connectivity index (χ2n) is 4.39. The van der Waals surface area contributed by atoms with Gasteiger partial charge in [-0.05, 0) is 24.6 Å². The highest BCUT2D eigenvalue weighted by Gasteiger charge is 2.19. The van der Waals surface area contributed by atoms with Gasteiger partial charge in [-0.25, -0.2) is 26.7 Å². The van der Waals surface area contributed by atoms with Crippen molar-refractivity contribution >= 4 is 20.0 Å². The summed E-state index contributed by atoms with van der Waals surface area (Å²) in [4.78, 5) is -0.00773. The number of hydrogen-bond donors (Lipinski definition) is 3. The minimum Gasteiger partial charge on any atom is -0.284 e. The Balaban J connectivity index is 2.20. The van der Waals surface area contributed by atoms with Crippen molar-refractivity contribution in [3.05, 3.63) is 42.2 Å². The number of hydrogen-bond acceptors (Lipinski definition) is 5. The molecule has 0 aliphatic carbocycles. The first-order valence-electron chi connectivity index (χ1n) is 5.84. The highest BCUT2D eigenvalue weighted by Crippen LogP contribution is 2.18. The van der Waals surface area contributed by atoms with Crippen molar-refractivity contribution in [2.75, 3.05) is 0 Å². The number of rotatable bonds is 5. The summed E-state index contributed by atoms with van der Waals surface area (Å²) in [5.74, 6) is 0. The summed E-state index contributed by atoms with van der Waals surface area (Å²) in [5, 5.41) is 11.0. The van der Waals surface area contributed by atoms with Crippen LogP contribution in [-0.4, -0.2) is 27.0 Å². The van der Waals surface area contributed by atoms with Crippen molar-refractivity contribution in [1.82, 2.24) is 14.9 Å². The van der Waals surface area contributed by atoms with E-state index < -0.39 is 26.1 Å². The number of primary sulfonamides is 1. The molecule has 1 unspecified atom stereocenters. The Bertz CT molecular complexity index is 812. The summed E-state index contributed by atoms with van der Waals surface area (Å²) in [6.07, 6.45) is 2.46. The van der Waals surface area contributed by atoms with Gasteiger partial charge in [-0.3, -0.25) is 5.10 Å². The summed E-state index contributed by atoms with van der Waals surface area (Å²) in [5.41, 5.74) is 0.606. The van der Waals surface area contributed by atoms with Crippen molar-refractivity contribution in [3.63, 3.8) is 0 Å². The third-order valence-corrected chi connectivity index (χ3v) is 5.26. The van der Waals surface area contributed by atoms with Gasteiger partial charge in [0.2, 0.25) is 20.0 Å². The van der Waals surface area contributed by atoms with Gasteiger partial charge in [0, 0.05) is 12.2 Å². The van der Waals surface area contributed by atoms with Crippen LogP contribution in [0.25, 0.3) is 0 Å². The fourth-order valence-corrected chi connectivity index (χ4v) is 3.35. The molecular weight excluding hydrogens is 316 g/mol. The molecule has 0 aliphatic heterocycles. The zero-order chi connectivity index (χ0) is 15.7. The standard InChI is InChI=1S/C11H14N4O4S2/c1-8(15-21(18,19)11-6-13-14-7-11)9-2-4-10(5-3-9)20(12,16)17/h2-8,15H,1H3,(H,13,14)(H2,12,16,17). The topological polar surface area (TPSA) is 135 Å². The number of benzene rings is 1. The van der Waals surface area contributed by atoms with E-state index in [1.165, 1.54) is 36.7 Å². The highest BCUT2D eigenvalue weighted by molar-refractivity contribution is 7.89. The lowest BCUT2D eigenvalue weighted by molar-refractivity contribution is 0.566. The van der Waals surface area contributed by atoms with Crippen molar-refractivity contribution in [2.45, 2.75) is 22.8 Å². The van der Waals surface area contributed by atoms with Crippen LogP contribution >= 0.6 is 0 Å². The van der Waals surface area contributed by atoms with Gasteiger partial charge in [0.1, 0.15) is 4.90 Å². The van der Waals surface area contributed by atoms with Crippen LogP contribution in [-0.2, 0) is 20.0 Å². The van der Waals surface area contributed by atoms with E-state index in [2.05, 4.69) is 14.9 Å². The first kappa shape index (κ1) is 15.6. The van der Waals surface area contributed by atoms with Gasteiger partial charge in [-0.2, -0.15) is 5.10 Å². The van der Waals surface area contributed by atoms with E-state index in [1.54, 1.807) is 6.92 Å². The van der Waals surface area contributed by atoms with Crippen LogP contribution in [0.15, 0.2) is 46.5 Å². The fraction of sp³-hybridized carbons (Fsp3) is 0.182. The number of H-pyrrole nitrogens is 1. The Kier molecular flexibility index (Phi) is 4.14. The minimum absolute atomic E-state index is 0.0236. The second-order valence-corrected chi connectivity index (χ2v) is 7.67. The molecular formula is C11H14N4O4S2. The molecule has 8 nitrogen and oxygen atoms in total. The molecule has 1 aromatic carbocycles. The lowest BCUT2D eigenvalue weighted by Crippen LogP contribution is -2.26. The van der Waals surface area contributed by atoms with Crippen LogP contribution in [0.3, 0.4) is 0 Å². The Morgan fingerprint density at radius 1 is 1.14 bits per heavy atom. The van der Waals surface area contributed by atoms with Crippen molar-refractivity contribution < 1.29 is 16.8 Å². The van der Waals surface area contributed by atoms with E-state index in [9.17, 15) is 16.8 Å². The Morgan fingerprint density at radius 2 is 1.76 bits per heavy atom. The van der Waals surface area contributed by atoms with Crippen LogP contribution in [0, 0.1) is 0 Å². The van der Waals surface area contributed by atoms with Crippen molar-refractivity contribution in [2.24, 2.45) is 5.14 Å². The van der Waals surface area contributed by atoms with Gasteiger partial charge in [-0.15, -0.1) is 0 Å². The average Bonchev–Trinajstić information content (AvgIpc) is 2.92. The molecule has 2 aromatic rings. The Hall–Kier alpha value is -1.75. The monoisotopic (exact) mass is 330 g/mol. The van der Waals surface area contributed by atoms with Gasteiger partial charge in [0.25, 0.3) is 0 Å². The number of aromatic amines is 1. The molecule has 4 N–H and O–H groups in total. The van der Waals surface area contributed by atoms with Crippen LogP contribution in [0.5, 0.6) is 0 Å². The maximum absolute atomic E-state index is 12.0. The summed E-state index contributed by atoms with van der Waals surface area (Å²) < 4.78 is 48.8. The van der Waals surface area contributed by atoms with Crippen LogP contribution < -0.4 is 9.86 Å². The van der Waals surface area contributed by atoms with E-state index in [1.807, 2.05) is 0 Å². The minimum atomic E-state index is -3.77. The number of nitrogens with one attached hydrogen (secondary N) is 2. The van der Waals surface area contributed by atoms with Gasteiger partial charge >= 0.3 is 0 Å². The maximum atomic E-state index is 12.0. The smallest absolute Gasteiger partial charge is 0.244 e. The summed E-state index contributed by atoms with van der Waals surface area (Å²) in [7, 11) is -7.46. The van der Waals surface area contributed by atoms with Gasteiger partial charge in [0.15, 0.2) is 0 Å². The molecule has 10 heteroatoms. The molecule has 0 bridgehead atoms. The lowest BCUT2D eigenvalue weighted by Gasteiger charge is -2.14. The normalized spacial score (nSPS) is 14.0. The third-order valence-electron chi connectivity index (χ3n) is 2.82. The predicted molar refractivity (Wildman–Crippen MR) is 75.1 cm³/mol. The SMILES string of the molecule is CC(NS(=O)(=O)c1cn[nH]c1)c1ccc(S(N)(=O)=O)cc1. The van der Waals surface area contributed by atoms with E-state index >= 15 is 0 Å². The molecule has 1 aromatic heterocycles. The van der Waals surface area contributed by atoms with Crippen LogP contribution in [0.1, 0.15) is 18.5 Å². The highest BCUT2D eigenvalue weighted by atomic mass is 32.2. The molecule has 1 heterocycles. The molecule has 0 radical (unpaired) electrons. The zero-order valence-electron chi connectivity index (χ0n) is 11.0. The van der Waals surface area contributed by atoms with E-state index in [0.717, 1.165) is 0 Å². The van der Waals surface area contributed by atoms with E-state index in [4.69, 9.17) is 5.14 Å². The van der Waals surface area contributed by atoms with Gasteiger partial charge in [-0.1, -0.05) is 12.1 Å². The molecule has 0 amide bonds. The molecule has 0 saturated heterocycles. The number of nitrogens with two attached hydrogens (primary N) is 1. The third kappa shape index (κ3) is 3.67. The first-order chi connectivity index (χ1) is 9.70.